The van der Waals surface area contributed by atoms with Crippen LogP contribution in [0.2, 0.25) is 0 Å². The number of rotatable bonds is 6. The standard InChI is InChI=1S/C18H29NO9/c1-9(20)19-14-16(26-12(4)23)15(25-11(3)22)13(8-24-10(2)21)27-17(14)28-18(5,6)7/h13-17H,8H2,1-7H3,(H,19,20)/t13-,14+,15-,16-,17+/m1/s1. The van der Waals surface area contributed by atoms with Crippen molar-refractivity contribution in [3.05, 3.63) is 0 Å². The summed E-state index contributed by atoms with van der Waals surface area (Å²) in [4.78, 5) is 46.3. The molecule has 0 aromatic heterocycles. The van der Waals surface area contributed by atoms with Crippen LogP contribution in [-0.4, -0.2) is 66.7 Å². The van der Waals surface area contributed by atoms with Crippen molar-refractivity contribution in [1.29, 1.82) is 0 Å². The Morgan fingerprint density at radius 3 is 1.86 bits per heavy atom. The van der Waals surface area contributed by atoms with E-state index >= 15 is 0 Å². The van der Waals surface area contributed by atoms with E-state index in [4.69, 9.17) is 23.7 Å². The van der Waals surface area contributed by atoms with E-state index in [-0.39, 0.29) is 6.61 Å². The van der Waals surface area contributed by atoms with Crippen LogP contribution < -0.4 is 5.32 Å². The third kappa shape index (κ3) is 7.81. The van der Waals surface area contributed by atoms with Crippen LogP contribution in [0, 0.1) is 0 Å². The number of carbonyl (C=O) groups is 4. The van der Waals surface area contributed by atoms with Gasteiger partial charge in [0.1, 0.15) is 18.8 Å². The van der Waals surface area contributed by atoms with Gasteiger partial charge in [-0.05, 0) is 20.8 Å². The Morgan fingerprint density at radius 2 is 1.43 bits per heavy atom. The second-order valence-corrected chi connectivity index (χ2v) is 7.45. The van der Waals surface area contributed by atoms with E-state index in [9.17, 15) is 19.2 Å². The zero-order chi connectivity index (χ0) is 21.6. The van der Waals surface area contributed by atoms with E-state index < -0.39 is 60.1 Å². The number of nitrogens with one attached hydrogen (secondary N) is 1. The Balaban J connectivity index is 3.33. The normalized spacial score (nSPS) is 27.5. The van der Waals surface area contributed by atoms with Gasteiger partial charge in [0.2, 0.25) is 5.91 Å². The molecule has 1 N–H and O–H groups in total. The molecule has 0 bridgehead atoms. The number of hydrogen-bond acceptors (Lipinski definition) is 9. The van der Waals surface area contributed by atoms with Crippen LogP contribution in [0.25, 0.3) is 0 Å². The quantitative estimate of drug-likeness (QED) is 0.497. The van der Waals surface area contributed by atoms with Gasteiger partial charge in [-0.2, -0.15) is 0 Å². The summed E-state index contributed by atoms with van der Waals surface area (Å²) >= 11 is 0. The Hall–Kier alpha value is -2.20. The number of hydrogen-bond donors (Lipinski definition) is 1. The fraction of sp³-hybridized carbons (Fsp3) is 0.778. The van der Waals surface area contributed by atoms with E-state index in [0.29, 0.717) is 0 Å². The predicted molar refractivity (Wildman–Crippen MR) is 94.8 cm³/mol. The molecule has 0 aromatic rings. The fourth-order valence-electron chi connectivity index (χ4n) is 2.74. The molecule has 1 rings (SSSR count). The first-order valence-corrected chi connectivity index (χ1v) is 8.88. The summed E-state index contributed by atoms with van der Waals surface area (Å²) < 4.78 is 27.4. The number of esters is 3. The summed E-state index contributed by atoms with van der Waals surface area (Å²) in [5, 5.41) is 2.63. The van der Waals surface area contributed by atoms with Crippen molar-refractivity contribution in [3.63, 3.8) is 0 Å². The maximum Gasteiger partial charge on any atom is 0.303 e. The van der Waals surface area contributed by atoms with Crippen LogP contribution in [0.4, 0.5) is 0 Å². The van der Waals surface area contributed by atoms with E-state index in [0.717, 1.165) is 0 Å². The lowest BCUT2D eigenvalue weighted by atomic mass is 9.95. The lowest BCUT2D eigenvalue weighted by molar-refractivity contribution is -0.297. The zero-order valence-corrected chi connectivity index (χ0v) is 17.3. The van der Waals surface area contributed by atoms with Crippen LogP contribution in [0.1, 0.15) is 48.5 Å². The summed E-state index contributed by atoms with van der Waals surface area (Å²) in [7, 11) is 0. The van der Waals surface area contributed by atoms with Crippen LogP contribution >= 0.6 is 0 Å². The lowest BCUT2D eigenvalue weighted by Gasteiger charge is -2.46. The third-order valence-corrected chi connectivity index (χ3v) is 3.54. The summed E-state index contributed by atoms with van der Waals surface area (Å²) in [6, 6.07) is -0.960. The van der Waals surface area contributed by atoms with Gasteiger partial charge >= 0.3 is 17.9 Å². The summed E-state index contributed by atoms with van der Waals surface area (Å²) in [5.74, 6) is -2.30. The predicted octanol–water partition coefficient (Wildman–Crippen LogP) is 0.458. The first kappa shape index (κ1) is 23.8. The monoisotopic (exact) mass is 403 g/mol. The van der Waals surface area contributed by atoms with E-state index in [1.807, 2.05) is 0 Å². The van der Waals surface area contributed by atoms with Crippen LogP contribution in [-0.2, 0) is 42.9 Å². The van der Waals surface area contributed by atoms with Crippen molar-refractivity contribution < 1.29 is 42.9 Å². The number of carbonyl (C=O) groups excluding carboxylic acids is 4. The average molecular weight is 403 g/mol. The van der Waals surface area contributed by atoms with Crippen molar-refractivity contribution in [2.45, 2.75) is 84.7 Å². The van der Waals surface area contributed by atoms with Gasteiger partial charge in [-0.3, -0.25) is 19.2 Å². The van der Waals surface area contributed by atoms with Crippen LogP contribution in [0.3, 0.4) is 0 Å². The maximum absolute atomic E-state index is 11.7. The molecule has 10 heteroatoms. The first-order chi connectivity index (χ1) is 12.8. The minimum absolute atomic E-state index is 0.262. The Bertz CT molecular complexity index is 598. The highest BCUT2D eigenvalue weighted by atomic mass is 16.7. The average Bonchev–Trinajstić information content (AvgIpc) is 2.48. The molecule has 1 aliphatic rings. The fourth-order valence-corrected chi connectivity index (χ4v) is 2.74. The highest BCUT2D eigenvalue weighted by Crippen LogP contribution is 2.30. The molecule has 28 heavy (non-hydrogen) atoms. The minimum Gasteiger partial charge on any atom is -0.463 e. The zero-order valence-electron chi connectivity index (χ0n) is 17.3. The molecule has 0 aliphatic carbocycles. The third-order valence-electron chi connectivity index (χ3n) is 3.54. The summed E-state index contributed by atoms with van der Waals surface area (Å²) in [5.41, 5.74) is -0.678. The minimum atomic E-state index is -1.13. The second kappa shape index (κ2) is 9.83. The molecule has 0 aromatic carbocycles. The van der Waals surface area contributed by atoms with E-state index in [2.05, 4.69) is 5.32 Å². The molecule has 1 saturated heterocycles. The van der Waals surface area contributed by atoms with Crippen molar-refractivity contribution in [3.8, 4) is 0 Å². The van der Waals surface area contributed by atoms with Gasteiger partial charge < -0.3 is 29.0 Å². The summed E-state index contributed by atoms with van der Waals surface area (Å²) in [6.07, 6.45) is -4.28. The van der Waals surface area contributed by atoms with E-state index in [1.54, 1.807) is 20.8 Å². The van der Waals surface area contributed by atoms with E-state index in [1.165, 1.54) is 27.7 Å². The van der Waals surface area contributed by atoms with Crippen LogP contribution in [0.15, 0.2) is 0 Å². The topological polar surface area (TPSA) is 126 Å². The maximum atomic E-state index is 11.7. The molecule has 1 aliphatic heterocycles. The van der Waals surface area contributed by atoms with Crippen molar-refractivity contribution in [2.75, 3.05) is 6.61 Å². The number of amides is 1. The molecule has 0 saturated carbocycles. The first-order valence-electron chi connectivity index (χ1n) is 8.88. The van der Waals surface area contributed by atoms with Gasteiger partial charge in [0, 0.05) is 27.7 Å². The molecule has 10 nitrogen and oxygen atoms in total. The Kier molecular flexibility index (Phi) is 8.37. The van der Waals surface area contributed by atoms with Gasteiger partial charge in [-0.1, -0.05) is 0 Å². The lowest BCUT2D eigenvalue weighted by Crippen LogP contribution is -2.67. The molecular formula is C18H29NO9. The second-order valence-electron chi connectivity index (χ2n) is 7.45. The smallest absolute Gasteiger partial charge is 0.303 e. The Morgan fingerprint density at radius 1 is 0.893 bits per heavy atom. The highest BCUT2D eigenvalue weighted by Gasteiger charge is 2.52. The highest BCUT2D eigenvalue weighted by molar-refractivity contribution is 5.73. The van der Waals surface area contributed by atoms with Gasteiger partial charge in [0.25, 0.3) is 0 Å². The molecule has 0 radical (unpaired) electrons. The van der Waals surface area contributed by atoms with Crippen LogP contribution in [0.5, 0.6) is 0 Å². The van der Waals surface area contributed by atoms with Gasteiger partial charge in [0.05, 0.1) is 5.60 Å². The molecule has 5 atom stereocenters. The molecule has 0 unspecified atom stereocenters. The SMILES string of the molecule is CC(=O)N[C@@H]1[C@H](OC(C)(C)C)O[C@H](COC(C)=O)[C@@H](OC(C)=O)[C@@H]1OC(C)=O. The number of ether oxygens (including phenoxy) is 5. The molecule has 1 heterocycles. The Labute approximate surface area is 164 Å². The largest absolute Gasteiger partial charge is 0.463 e. The van der Waals surface area contributed by atoms with Gasteiger partial charge in [0.15, 0.2) is 18.5 Å². The molecular weight excluding hydrogens is 374 g/mol. The van der Waals surface area contributed by atoms with Crippen molar-refractivity contribution >= 4 is 23.8 Å². The summed E-state index contributed by atoms with van der Waals surface area (Å²) in [6.45, 7) is 9.94. The molecule has 0 spiro atoms. The molecule has 1 amide bonds. The molecule has 1 fully saturated rings. The molecule has 160 valence electrons. The van der Waals surface area contributed by atoms with Crippen molar-refractivity contribution in [2.24, 2.45) is 0 Å². The van der Waals surface area contributed by atoms with Gasteiger partial charge in [-0.25, -0.2) is 0 Å². The van der Waals surface area contributed by atoms with Gasteiger partial charge in [-0.15, -0.1) is 0 Å². The van der Waals surface area contributed by atoms with Crippen molar-refractivity contribution in [1.82, 2.24) is 5.32 Å².